The maximum absolute atomic E-state index is 12.9. The highest BCUT2D eigenvalue weighted by molar-refractivity contribution is 7.89. The molecule has 0 spiro atoms. The van der Waals surface area contributed by atoms with Gasteiger partial charge in [0.05, 0.1) is 10.8 Å². The first-order valence-electron chi connectivity index (χ1n) is 7.55. The van der Waals surface area contributed by atoms with Gasteiger partial charge in [0.15, 0.2) is 11.5 Å². The van der Waals surface area contributed by atoms with E-state index in [1.807, 2.05) is 0 Å². The number of hydrogen-bond donors (Lipinski definition) is 1. The van der Waals surface area contributed by atoms with Crippen molar-refractivity contribution < 1.29 is 27.8 Å². The Kier molecular flexibility index (Phi) is 4.20. The summed E-state index contributed by atoms with van der Waals surface area (Å²) in [5.74, 6) is -0.725. The summed E-state index contributed by atoms with van der Waals surface area (Å²) < 4.78 is 37.9. The van der Waals surface area contributed by atoms with E-state index >= 15 is 0 Å². The van der Waals surface area contributed by atoms with Crippen molar-refractivity contribution in [2.45, 2.75) is 30.7 Å². The molecule has 1 N–H and O–H groups in total. The molecular weight excluding hydrogens is 322 g/mol. The topological polar surface area (TPSA) is 93.1 Å². The van der Waals surface area contributed by atoms with Crippen LogP contribution in [0.3, 0.4) is 0 Å². The number of hydrogen-bond acceptors (Lipinski definition) is 5. The fourth-order valence-electron chi connectivity index (χ4n) is 3.10. The Bertz CT molecular complexity index is 717. The molecule has 3 rings (SSSR count). The van der Waals surface area contributed by atoms with Crippen LogP contribution in [0.1, 0.15) is 19.8 Å². The Balaban J connectivity index is 1.93. The first-order valence-corrected chi connectivity index (χ1v) is 8.99. The third-order valence-corrected chi connectivity index (χ3v) is 6.35. The number of fused-ring (bicyclic) bond motifs is 1. The van der Waals surface area contributed by atoms with Crippen molar-refractivity contribution >= 4 is 16.0 Å². The standard InChI is InChI=1S/C15H19NO6S/c1-10-12(15(17)18)3-2-6-16(10)23(19,20)11-4-5-13-14(9-11)22-8-7-21-13/h4-5,9-10,12H,2-3,6-8H2,1H3,(H,17,18)/t10-,12-/m1/s1. The van der Waals surface area contributed by atoms with E-state index in [9.17, 15) is 18.3 Å². The van der Waals surface area contributed by atoms with Gasteiger partial charge in [-0.15, -0.1) is 0 Å². The summed E-state index contributed by atoms with van der Waals surface area (Å²) in [5, 5.41) is 9.26. The molecule has 1 fully saturated rings. The van der Waals surface area contributed by atoms with Crippen molar-refractivity contribution in [2.24, 2.45) is 5.92 Å². The van der Waals surface area contributed by atoms with E-state index in [0.717, 1.165) is 0 Å². The van der Waals surface area contributed by atoms with Crippen molar-refractivity contribution in [1.29, 1.82) is 0 Å². The summed E-state index contributed by atoms with van der Waals surface area (Å²) in [5.41, 5.74) is 0. The van der Waals surface area contributed by atoms with E-state index in [0.29, 0.717) is 44.1 Å². The van der Waals surface area contributed by atoms with E-state index in [2.05, 4.69) is 0 Å². The maximum Gasteiger partial charge on any atom is 0.308 e. The highest BCUT2D eigenvalue weighted by Crippen LogP contribution is 2.35. The molecule has 0 aromatic heterocycles. The highest BCUT2D eigenvalue weighted by Gasteiger charge is 2.39. The number of carboxylic acids is 1. The maximum atomic E-state index is 12.9. The summed E-state index contributed by atoms with van der Waals surface area (Å²) in [6.07, 6.45) is 1.02. The monoisotopic (exact) mass is 341 g/mol. The van der Waals surface area contributed by atoms with E-state index < -0.39 is 28.0 Å². The molecule has 1 aromatic carbocycles. The van der Waals surface area contributed by atoms with Gasteiger partial charge in [-0.2, -0.15) is 4.31 Å². The van der Waals surface area contributed by atoms with Gasteiger partial charge in [-0.1, -0.05) is 0 Å². The van der Waals surface area contributed by atoms with Gasteiger partial charge in [-0.25, -0.2) is 8.42 Å². The molecule has 126 valence electrons. The number of sulfonamides is 1. The number of aliphatic carboxylic acids is 1. The third kappa shape index (κ3) is 2.88. The van der Waals surface area contributed by atoms with Gasteiger partial charge in [0.25, 0.3) is 0 Å². The molecule has 23 heavy (non-hydrogen) atoms. The summed E-state index contributed by atoms with van der Waals surface area (Å²) in [7, 11) is -3.78. The number of carboxylic acid groups (broad SMARTS) is 1. The molecule has 0 bridgehead atoms. The Hall–Kier alpha value is -1.80. The van der Waals surface area contributed by atoms with Crippen LogP contribution >= 0.6 is 0 Å². The van der Waals surface area contributed by atoms with Gasteiger partial charge >= 0.3 is 5.97 Å². The molecule has 0 unspecified atom stereocenters. The molecule has 0 radical (unpaired) electrons. The Morgan fingerprint density at radius 3 is 2.65 bits per heavy atom. The Morgan fingerprint density at radius 2 is 1.96 bits per heavy atom. The van der Waals surface area contributed by atoms with Crippen LogP contribution in [0.4, 0.5) is 0 Å². The van der Waals surface area contributed by atoms with Gasteiger partial charge < -0.3 is 14.6 Å². The molecule has 0 amide bonds. The lowest BCUT2D eigenvalue weighted by molar-refractivity contribution is -0.144. The molecule has 7 nitrogen and oxygen atoms in total. The molecule has 2 atom stereocenters. The lowest BCUT2D eigenvalue weighted by atomic mass is 9.92. The van der Waals surface area contributed by atoms with Gasteiger partial charge in [-0.05, 0) is 31.9 Å². The normalized spacial score (nSPS) is 25.1. The summed E-state index contributed by atoms with van der Waals surface area (Å²) >= 11 is 0. The van der Waals surface area contributed by atoms with Crippen LogP contribution in [0.2, 0.25) is 0 Å². The smallest absolute Gasteiger partial charge is 0.308 e. The minimum absolute atomic E-state index is 0.0969. The molecular formula is C15H19NO6S. The SMILES string of the molecule is C[C@@H]1[C@H](C(=O)O)CCCN1S(=O)(=O)c1ccc2c(c1)OCCO2. The second kappa shape index (κ2) is 6.01. The van der Waals surface area contributed by atoms with Crippen LogP contribution in [0.25, 0.3) is 0 Å². The van der Waals surface area contributed by atoms with Crippen LogP contribution in [-0.4, -0.2) is 49.6 Å². The average Bonchev–Trinajstić information content (AvgIpc) is 2.54. The average molecular weight is 341 g/mol. The molecule has 0 aliphatic carbocycles. The van der Waals surface area contributed by atoms with Gasteiger partial charge in [0.2, 0.25) is 10.0 Å². The zero-order chi connectivity index (χ0) is 16.6. The van der Waals surface area contributed by atoms with E-state index in [4.69, 9.17) is 9.47 Å². The molecule has 2 aliphatic rings. The minimum Gasteiger partial charge on any atom is -0.486 e. The molecule has 1 aromatic rings. The van der Waals surface area contributed by atoms with Crippen molar-refractivity contribution in [3.8, 4) is 11.5 Å². The zero-order valence-electron chi connectivity index (χ0n) is 12.8. The number of ether oxygens (including phenoxy) is 2. The van der Waals surface area contributed by atoms with Crippen molar-refractivity contribution in [1.82, 2.24) is 4.31 Å². The Labute approximate surface area is 134 Å². The molecule has 2 heterocycles. The van der Waals surface area contributed by atoms with Crippen LogP contribution < -0.4 is 9.47 Å². The van der Waals surface area contributed by atoms with Gasteiger partial charge in [-0.3, -0.25) is 4.79 Å². The molecule has 1 saturated heterocycles. The predicted octanol–water partition coefficient (Wildman–Crippen LogP) is 1.33. The molecule has 0 saturated carbocycles. The lowest BCUT2D eigenvalue weighted by Crippen LogP contribution is -2.48. The van der Waals surface area contributed by atoms with Crippen molar-refractivity contribution in [2.75, 3.05) is 19.8 Å². The number of rotatable bonds is 3. The van der Waals surface area contributed by atoms with Crippen LogP contribution in [0, 0.1) is 5.92 Å². The fraction of sp³-hybridized carbons (Fsp3) is 0.533. The summed E-state index contributed by atoms with van der Waals surface area (Å²) in [6.45, 7) is 2.77. The summed E-state index contributed by atoms with van der Waals surface area (Å²) in [6, 6.07) is 3.91. The van der Waals surface area contributed by atoms with E-state index in [-0.39, 0.29) is 4.90 Å². The molecule has 2 aliphatic heterocycles. The Morgan fingerprint density at radius 1 is 1.26 bits per heavy atom. The van der Waals surface area contributed by atoms with E-state index in [1.54, 1.807) is 13.0 Å². The fourth-order valence-corrected chi connectivity index (χ4v) is 4.82. The first kappa shape index (κ1) is 16.1. The van der Waals surface area contributed by atoms with Crippen LogP contribution in [0.15, 0.2) is 23.1 Å². The summed E-state index contributed by atoms with van der Waals surface area (Å²) in [4.78, 5) is 11.4. The minimum atomic E-state index is -3.78. The van der Waals surface area contributed by atoms with Gasteiger partial charge in [0.1, 0.15) is 13.2 Å². The predicted molar refractivity (Wildman–Crippen MR) is 81.1 cm³/mol. The number of benzene rings is 1. The lowest BCUT2D eigenvalue weighted by Gasteiger charge is -2.36. The van der Waals surface area contributed by atoms with Crippen LogP contribution in [0.5, 0.6) is 11.5 Å². The second-order valence-electron chi connectivity index (χ2n) is 5.75. The zero-order valence-corrected chi connectivity index (χ0v) is 13.6. The first-order chi connectivity index (χ1) is 10.9. The van der Waals surface area contributed by atoms with Gasteiger partial charge in [0, 0.05) is 18.7 Å². The quantitative estimate of drug-likeness (QED) is 0.891. The largest absolute Gasteiger partial charge is 0.486 e. The van der Waals surface area contributed by atoms with Crippen molar-refractivity contribution in [3.63, 3.8) is 0 Å². The molecule has 8 heteroatoms. The van der Waals surface area contributed by atoms with E-state index in [1.165, 1.54) is 16.4 Å². The van der Waals surface area contributed by atoms with Crippen LogP contribution in [-0.2, 0) is 14.8 Å². The third-order valence-electron chi connectivity index (χ3n) is 4.37. The number of piperidine rings is 1. The number of nitrogens with zero attached hydrogens (tertiary/aromatic N) is 1. The van der Waals surface area contributed by atoms with Crippen molar-refractivity contribution in [3.05, 3.63) is 18.2 Å². The second-order valence-corrected chi connectivity index (χ2v) is 7.64. The number of carbonyl (C=O) groups is 1. The highest BCUT2D eigenvalue weighted by atomic mass is 32.2.